The molecule has 0 bridgehead atoms. The van der Waals surface area contributed by atoms with Gasteiger partial charge in [-0.05, 0) is 30.7 Å². The molecule has 3 rings (SSSR count). The van der Waals surface area contributed by atoms with Crippen LogP contribution in [0.2, 0.25) is 0 Å². The van der Waals surface area contributed by atoms with E-state index in [-0.39, 0.29) is 24.9 Å². The number of benzene rings is 1. The number of hydrogen-bond donors (Lipinski definition) is 0. The number of hydrogen-bond acceptors (Lipinski definition) is 4. The summed E-state index contributed by atoms with van der Waals surface area (Å²) in [7, 11) is 0. The van der Waals surface area contributed by atoms with Gasteiger partial charge in [-0.1, -0.05) is 12.1 Å². The average Bonchev–Trinajstić information content (AvgIpc) is 3.06. The summed E-state index contributed by atoms with van der Waals surface area (Å²) in [6, 6.07) is 7.46. The summed E-state index contributed by atoms with van der Waals surface area (Å²) in [4.78, 5) is 28.5. The monoisotopic (exact) mass is 315 g/mol. The summed E-state index contributed by atoms with van der Waals surface area (Å²) < 4.78 is 16.8. The fraction of sp³-hybridized carbons (Fsp3) is 0.200. The van der Waals surface area contributed by atoms with E-state index in [0.29, 0.717) is 5.56 Å². The zero-order chi connectivity index (χ0) is 16.4. The van der Waals surface area contributed by atoms with Crippen molar-refractivity contribution in [3.05, 3.63) is 75.1 Å². The molecule has 0 amide bonds. The number of aromatic nitrogens is 5. The zero-order valence-corrected chi connectivity index (χ0v) is 12.4. The molecule has 23 heavy (non-hydrogen) atoms. The smallest absolute Gasteiger partial charge is 0.257 e. The molecule has 0 unspecified atom stereocenters. The lowest BCUT2D eigenvalue weighted by atomic mass is 10.2. The Balaban J connectivity index is 2.18. The topological polar surface area (TPSA) is 74.7 Å². The van der Waals surface area contributed by atoms with E-state index in [1.54, 1.807) is 31.3 Å². The van der Waals surface area contributed by atoms with E-state index in [1.165, 1.54) is 27.6 Å². The third-order valence-electron chi connectivity index (χ3n) is 3.41. The molecule has 0 radical (unpaired) electrons. The Bertz CT molecular complexity index is 926. The predicted molar refractivity (Wildman–Crippen MR) is 81.1 cm³/mol. The third kappa shape index (κ3) is 2.83. The van der Waals surface area contributed by atoms with Crippen LogP contribution in [0.15, 0.2) is 52.3 Å². The van der Waals surface area contributed by atoms with Gasteiger partial charge in [0, 0.05) is 18.9 Å². The maximum Gasteiger partial charge on any atom is 0.354 e. The van der Waals surface area contributed by atoms with Crippen LogP contribution in [0.5, 0.6) is 0 Å². The lowest BCUT2D eigenvalue weighted by Crippen LogP contribution is -2.43. The number of nitrogens with zero attached hydrogens (tertiary/aromatic N) is 5. The fourth-order valence-corrected chi connectivity index (χ4v) is 2.26. The quantitative estimate of drug-likeness (QED) is 0.714. The van der Waals surface area contributed by atoms with Gasteiger partial charge in [-0.15, -0.1) is 0 Å². The van der Waals surface area contributed by atoms with Gasteiger partial charge in [0.05, 0.1) is 6.54 Å². The largest absolute Gasteiger partial charge is 0.354 e. The maximum absolute atomic E-state index is 13.0. The Morgan fingerprint density at radius 1 is 1.13 bits per heavy atom. The van der Waals surface area contributed by atoms with Crippen LogP contribution < -0.4 is 11.4 Å². The molecular weight excluding hydrogens is 301 g/mol. The van der Waals surface area contributed by atoms with Gasteiger partial charge in [-0.25, -0.2) is 23.2 Å². The van der Waals surface area contributed by atoms with Gasteiger partial charge in [-0.3, -0.25) is 4.57 Å². The fourth-order valence-electron chi connectivity index (χ4n) is 2.26. The van der Waals surface area contributed by atoms with Crippen LogP contribution in [-0.2, 0) is 13.1 Å². The van der Waals surface area contributed by atoms with Crippen molar-refractivity contribution in [3.63, 3.8) is 0 Å². The summed E-state index contributed by atoms with van der Waals surface area (Å²) in [5.41, 5.74) is -0.398. The van der Waals surface area contributed by atoms with Gasteiger partial charge in [0.2, 0.25) is 5.95 Å². The molecule has 0 aliphatic carbocycles. The van der Waals surface area contributed by atoms with Crippen molar-refractivity contribution in [1.82, 2.24) is 23.9 Å². The average molecular weight is 315 g/mol. The standard InChI is InChI=1S/C15H14FN5O2/c1-2-19-14(22)18-13(21-9-3-8-17-21)20(15(19)23)10-11-4-6-12(16)7-5-11/h3-9H,2,10H2,1H3. The number of rotatable bonds is 4. The van der Waals surface area contributed by atoms with Crippen LogP contribution in [0.1, 0.15) is 12.5 Å². The van der Waals surface area contributed by atoms with Crippen molar-refractivity contribution in [1.29, 1.82) is 0 Å². The van der Waals surface area contributed by atoms with Crippen LogP contribution in [0.25, 0.3) is 5.95 Å². The Morgan fingerprint density at radius 3 is 2.48 bits per heavy atom. The molecule has 2 aromatic heterocycles. The van der Waals surface area contributed by atoms with Gasteiger partial charge < -0.3 is 0 Å². The molecule has 0 atom stereocenters. The molecule has 0 aliphatic rings. The first-order valence-electron chi connectivity index (χ1n) is 7.06. The summed E-state index contributed by atoms with van der Waals surface area (Å²) in [5, 5.41) is 4.03. The van der Waals surface area contributed by atoms with E-state index < -0.39 is 11.4 Å². The normalized spacial score (nSPS) is 10.9. The first-order chi connectivity index (χ1) is 11.1. The SMILES string of the molecule is CCn1c(=O)nc(-n2cccn2)n(Cc2ccc(F)cc2)c1=O. The first-order valence-corrected chi connectivity index (χ1v) is 7.06. The molecule has 0 saturated carbocycles. The van der Waals surface area contributed by atoms with E-state index >= 15 is 0 Å². The van der Waals surface area contributed by atoms with Crippen molar-refractivity contribution in [2.45, 2.75) is 20.0 Å². The Kier molecular flexibility index (Phi) is 3.88. The van der Waals surface area contributed by atoms with E-state index in [0.717, 1.165) is 4.57 Å². The lowest BCUT2D eigenvalue weighted by Gasteiger charge is -2.13. The molecule has 2 heterocycles. The highest BCUT2D eigenvalue weighted by molar-refractivity contribution is 5.19. The molecule has 8 heteroatoms. The summed E-state index contributed by atoms with van der Waals surface area (Å²) in [6.07, 6.45) is 3.12. The van der Waals surface area contributed by atoms with E-state index in [2.05, 4.69) is 10.1 Å². The van der Waals surface area contributed by atoms with Gasteiger partial charge in [0.25, 0.3) is 0 Å². The lowest BCUT2D eigenvalue weighted by molar-refractivity contribution is 0.543. The molecular formula is C15H14FN5O2. The summed E-state index contributed by atoms with van der Waals surface area (Å²) in [5.74, 6) is -0.232. The van der Waals surface area contributed by atoms with Gasteiger partial charge in [0.15, 0.2) is 0 Å². The van der Waals surface area contributed by atoms with Crippen molar-refractivity contribution in [2.24, 2.45) is 0 Å². The van der Waals surface area contributed by atoms with Crippen LogP contribution >= 0.6 is 0 Å². The van der Waals surface area contributed by atoms with Crippen molar-refractivity contribution in [3.8, 4) is 5.95 Å². The second-order valence-electron chi connectivity index (χ2n) is 4.88. The molecule has 1 aromatic carbocycles. The third-order valence-corrected chi connectivity index (χ3v) is 3.41. The van der Waals surface area contributed by atoms with Crippen LogP contribution in [0.4, 0.5) is 4.39 Å². The van der Waals surface area contributed by atoms with Crippen molar-refractivity contribution >= 4 is 0 Å². The first kappa shape index (κ1) is 14.9. The Hall–Kier alpha value is -3.03. The minimum atomic E-state index is -0.627. The molecule has 3 aromatic rings. The minimum absolute atomic E-state index is 0.124. The Labute approximate surface area is 130 Å². The van der Waals surface area contributed by atoms with Crippen LogP contribution in [-0.4, -0.2) is 23.9 Å². The number of halogens is 1. The molecule has 0 N–H and O–H groups in total. The minimum Gasteiger partial charge on any atom is -0.257 e. The molecule has 0 spiro atoms. The van der Waals surface area contributed by atoms with E-state index in [9.17, 15) is 14.0 Å². The second-order valence-corrected chi connectivity index (χ2v) is 4.88. The molecule has 7 nitrogen and oxygen atoms in total. The van der Waals surface area contributed by atoms with E-state index in [4.69, 9.17) is 0 Å². The zero-order valence-electron chi connectivity index (χ0n) is 12.4. The van der Waals surface area contributed by atoms with Crippen molar-refractivity contribution in [2.75, 3.05) is 0 Å². The summed E-state index contributed by atoms with van der Waals surface area (Å²) in [6.45, 7) is 2.06. The highest BCUT2D eigenvalue weighted by Gasteiger charge is 2.14. The molecule has 0 saturated heterocycles. The second kappa shape index (κ2) is 5.99. The highest BCUT2D eigenvalue weighted by atomic mass is 19.1. The van der Waals surface area contributed by atoms with Crippen LogP contribution in [0, 0.1) is 5.82 Å². The highest BCUT2D eigenvalue weighted by Crippen LogP contribution is 2.06. The summed E-state index contributed by atoms with van der Waals surface area (Å²) >= 11 is 0. The van der Waals surface area contributed by atoms with Gasteiger partial charge in [-0.2, -0.15) is 10.1 Å². The van der Waals surface area contributed by atoms with Crippen LogP contribution in [0.3, 0.4) is 0 Å². The maximum atomic E-state index is 13.0. The predicted octanol–water partition coefficient (Wildman–Crippen LogP) is 0.798. The van der Waals surface area contributed by atoms with Crippen molar-refractivity contribution < 1.29 is 4.39 Å². The Morgan fingerprint density at radius 2 is 1.87 bits per heavy atom. The van der Waals surface area contributed by atoms with E-state index in [1.807, 2.05) is 0 Å². The molecule has 0 fully saturated rings. The van der Waals surface area contributed by atoms with Gasteiger partial charge >= 0.3 is 11.4 Å². The molecule has 118 valence electrons. The molecule has 0 aliphatic heterocycles. The van der Waals surface area contributed by atoms with Gasteiger partial charge in [0.1, 0.15) is 5.82 Å².